The SMILES string of the molecule is CC(N)C1CN(Cc2cnn(C(C)C)c2)CCO1. The summed E-state index contributed by atoms with van der Waals surface area (Å²) in [5, 5.41) is 4.37. The lowest BCUT2D eigenvalue weighted by molar-refractivity contribution is -0.0403. The average molecular weight is 252 g/mol. The first-order chi connectivity index (χ1) is 8.56. The summed E-state index contributed by atoms with van der Waals surface area (Å²) in [6, 6.07) is 0.506. The molecule has 5 heteroatoms. The number of aromatic nitrogens is 2. The molecule has 102 valence electrons. The van der Waals surface area contributed by atoms with E-state index in [1.807, 2.05) is 17.8 Å². The Morgan fingerprint density at radius 1 is 1.50 bits per heavy atom. The van der Waals surface area contributed by atoms with E-state index in [1.165, 1.54) is 5.56 Å². The fourth-order valence-electron chi connectivity index (χ4n) is 2.19. The minimum atomic E-state index is 0.0891. The van der Waals surface area contributed by atoms with E-state index in [0.717, 1.165) is 26.2 Å². The Morgan fingerprint density at radius 2 is 2.28 bits per heavy atom. The number of ether oxygens (including phenoxy) is 1. The molecule has 0 radical (unpaired) electrons. The van der Waals surface area contributed by atoms with Crippen LogP contribution in [0.2, 0.25) is 0 Å². The van der Waals surface area contributed by atoms with Crippen molar-refractivity contribution in [3.8, 4) is 0 Å². The molecule has 1 fully saturated rings. The molecule has 2 unspecified atom stereocenters. The zero-order chi connectivity index (χ0) is 13.1. The second kappa shape index (κ2) is 5.82. The molecular weight excluding hydrogens is 228 g/mol. The van der Waals surface area contributed by atoms with Gasteiger partial charge in [-0.3, -0.25) is 9.58 Å². The molecule has 1 aliphatic heterocycles. The summed E-state index contributed by atoms with van der Waals surface area (Å²) < 4.78 is 7.66. The van der Waals surface area contributed by atoms with Gasteiger partial charge < -0.3 is 10.5 Å². The van der Waals surface area contributed by atoms with E-state index in [-0.39, 0.29) is 12.1 Å². The molecule has 0 spiro atoms. The van der Waals surface area contributed by atoms with Gasteiger partial charge in [-0.2, -0.15) is 5.10 Å². The lowest BCUT2D eigenvalue weighted by Gasteiger charge is -2.34. The van der Waals surface area contributed by atoms with Crippen LogP contribution < -0.4 is 5.73 Å². The van der Waals surface area contributed by atoms with Gasteiger partial charge in [-0.05, 0) is 20.8 Å². The molecule has 1 aromatic rings. The molecule has 0 amide bonds. The molecule has 0 saturated carbocycles. The van der Waals surface area contributed by atoms with Crippen LogP contribution in [0.5, 0.6) is 0 Å². The molecule has 1 aliphatic rings. The van der Waals surface area contributed by atoms with Gasteiger partial charge in [-0.15, -0.1) is 0 Å². The Balaban J connectivity index is 1.92. The highest BCUT2D eigenvalue weighted by atomic mass is 16.5. The maximum Gasteiger partial charge on any atom is 0.0850 e. The zero-order valence-corrected chi connectivity index (χ0v) is 11.5. The van der Waals surface area contributed by atoms with Crippen LogP contribution in [0.25, 0.3) is 0 Å². The van der Waals surface area contributed by atoms with Gasteiger partial charge >= 0.3 is 0 Å². The van der Waals surface area contributed by atoms with Crippen molar-refractivity contribution in [2.24, 2.45) is 5.73 Å². The third kappa shape index (κ3) is 3.31. The van der Waals surface area contributed by atoms with E-state index >= 15 is 0 Å². The van der Waals surface area contributed by atoms with Crippen molar-refractivity contribution < 1.29 is 4.74 Å². The van der Waals surface area contributed by atoms with Crippen LogP contribution in [-0.4, -0.2) is 46.5 Å². The summed E-state index contributed by atoms with van der Waals surface area (Å²) in [6.07, 6.45) is 4.23. The lowest BCUT2D eigenvalue weighted by Crippen LogP contribution is -2.49. The monoisotopic (exact) mass is 252 g/mol. The van der Waals surface area contributed by atoms with Crippen LogP contribution in [-0.2, 0) is 11.3 Å². The van der Waals surface area contributed by atoms with Crippen molar-refractivity contribution in [1.82, 2.24) is 14.7 Å². The number of morpholine rings is 1. The second-order valence-electron chi connectivity index (χ2n) is 5.43. The second-order valence-corrected chi connectivity index (χ2v) is 5.43. The maximum absolute atomic E-state index is 5.90. The van der Waals surface area contributed by atoms with Gasteiger partial charge in [-0.1, -0.05) is 0 Å². The van der Waals surface area contributed by atoms with Gasteiger partial charge in [-0.25, -0.2) is 0 Å². The Morgan fingerprint density at radius 3 is 2.89 bits per heavy atom. The van der Waals surface area contributed by atoms with Gasteiger partial charge in [0.25, 0.3) is 0 Å². The van der Waals surface area contributed by atoms with Crippen LogP contribution in [0.1, 0.15) is 32.4 Å². The van der Waals surface area contributed by atoms with Crippen LogP contribution in [0.15, 0.2) is 12.4 Å². The van der Waals surface area contributed by atoms with Crippen molar-refractivity contribution in [1.29, 1.82) is 0 Å². The molecule has 0 aliphatic carbocycles. The van der Waals surface area contributed by atoms with Crippen LogP contribution in [0.4, 0.5) is 0 Å². The van der Waals surface area contributed by atoms with E-state index in [9.17, 15) is 0 Å². The third-order valence-electron chi connectivity index (χ3n) is 3.35. The van der Waals surface area contributed by atoms with Gasteiger partial charge in [0, 0.05) is 43.5 Å². The van der Waals surface area contributed by atoms with Crippen molar-refractivity contribution in [3.63, 3.8) is 0 Å². The molecule has 2 N–H and O–H groups in total. The van der Waals surface area contributed by atoms with Crippen molar-refractivity contribution in [3.05, 3.63) is 18.0 Å². The van der Waals surface area contributed by atoms with E-state index in [1.54, 1.807) is 0 Å². The standard InChI is InChI=1S/C13H24N4O/c1-10(2)17-8-12(6-15-17)7-16-4-5-18-13(9-16)11(3)14/h6,8,10-11,13H,4-5,7,9,14H2,1-3H3. The van der Waals surface area contributed by atoms with Crippen molar-refractivity contribution in [2.45, 2.75) is 45.5 Å². The molecule has 5 nitrogen and oxygen atoms in total. The highest BCUT2D eigenvalue weighted by molar-refractivity contribution is 5.04. The molecule has 1 saturated heterocycles. The Labute approximate surface area is 109 Å². The number of hydrogen-bond donors (Lipinski definition) is 1. The fourth-order valence-corrected chi connectivity index (χ4v) is 2.19. The summed E-state index contributed by atoms with van der Waals surface area (Å²) in [6.45, 7) is 9.85. The molecule has 2 rings (SSSR count). The average Bonchev–Trinajstić information content (AvgIpc) is 2.78. The minimum absolute atomic E-state index is 0.0891. The van der Waals surface area contributed by atoms with Crippen molar-refractivity contribution >= 4 is 0 Å². The number of nitrogens with zero attached hydrogens (tertiary/aromatic N) is 3. The summed E-state index contributed by atoms with van der Waals surface area (Å²) in [5.41, 5.74) is 7.16. The summed E-state index contributed by atoms with van der Waals surface area (Å²) in [5.74, 6) is 0. The van der Waals surface area contributed by atoms with Crippen LogP contribution >= 0.6 is 0 Å². The first kappa shape index (κ1) is 13.5. The van der Waals surface area contributed by atoms with E-state index in [4.69, 9.17) is 10.5 Å². The Hall–Kier alpha value is -0.910. The normalized spacial score (nSPS) is 23.5. The topological polar surface area (TPSA) is 56.3 Å². The van der Waals surface area contributed by atoms with Gasteiger partial charge in [0.15, 0.2) is 0 Å². The number of hydrogen-bond acceptors (Lipinski definition) is 4. The molecule has 0 aromatic carbocycles. The highest BCUT2D eigenvalue weighted by Gasteiger charge is 2.23. The Bertz CT molecular complexity index is 375. The summed E-state index contributed by atoms with van der Waals surface area (Å²) in [7, 11) is 0. The zero-order valence-electron chi connectivity index (χ0n) is 11.5. The number of rotatable bonds is 4. The van der Waals surface area contributed by atoms with E-state index in [0.29, 0.717) is 6.04 Å². The first-order valence-corrected chi connectivity index (χ1v) is 6.69. The van der Waals surface area contributed by atoms with E-state index in [2.05, 4.69) is 30.0 Å². The molecule has 0 bridgehead atoms. The predicted molar refractivity (Wildman–Crippen MR) is 71.3 cm³/mol. The van der Waals surface area contributed by atoms with Gasteiger partial charge in [0.1, 0.15) is 0 Å². The smallest absolute Gasteiger partial charge is 0.0850 e. The molecule has 18 heavy (non-hydrogen) atoms. The predicted octanol–water partition coefficient (Wildman–Crippen LogP) is 1.01. The molecule has 2 heterocycles. The van der Waals surface area contributed by atoms with E-state index < -0.39 is 0 Å². The quantitative estimate of drug-likeness (QED) is 0.869. The molecule has 2 atom stereocenters. The van der Waals surface area contributed by atoms with Crippen molar-refractivity contribution in [2.75, 3.05) is 19.7 Å². The van der Waals surface area contributed by atoms with Crippen LogP contribution in [0.3, 0.4) is 0 Å². The Kier molecular flexibility index (Phi) is 4.37. The lowest BCUT2D eigenvalue weighted by atomic mass is 10.1. The minimum Gasteiger partial charge on any atom is -0.374 e. The third-order valence-corrected chi connectivity index (χ3v) is 3.35. The van der Waals surface area contributed by atoms with Gasteiger partial charge in [0.2, 0.25) is 0 Å². The fraction of sp³-hybridized carbons (Fsp3) is 0.769. The highest BCUT2D eigenvalue weighted by Crippen LogP contribution is 2.13. The number of nitrogens with two attached hydrogens (primary N) is 1. The summed E-state index contributed by atoms with van der Waals surface area (Å²) >= 11 is 0. The molecule has 1 aromatic heterocycles. The summed E-state index contributed by atoms with van der Waals surface area (Å²) in [4.78, 5) is 2.39. The largest absolute Gasteiger partial charge is 0.374 e. The first-order valence-electron chi connectivity index (χ1n) is 6.69. The molecular formula is C13H24N4O. The maximum atomic E-state index is 5.90. The van der Waals surface area contributed by atoms with Crippen LogP contribution in [0, 0.1) is 0 Å². The van der Waals surface area contributed by atoms with Gasteiger partial charge in [0.05, 0.1) is 18.9 Å².